The van der Waals surface area contributed by atoms with E-state index in [1.54, 1.807) is 0 Å². The summed E-state index contributed by atoms with van der Waals surface area (Å²) in [7, 11) is 0. The molecule has 12 aromatic carbocycles. The summed E-state index contributed by atoms with van der Waals surface area (Å²) in [5, 5.41) is 2.63. The molecule has 0 unspecified atom stereocenters. The first-order valence-corrected chi connectivity index (χ1v) is 27.1. The second kappa shape index (κ2) is 17.7. The van der Waals surface area contributed by atoms with E-state index in [0.717, 1.165) is 17.1 Å². The molecule has 1 aromatic heterocycles. The molecule has 1 spiro atoms. The summed E-state index contributed by atoms with van der Waals surface area (Å²) in [5.74, 6) is 0. The van der Waals surface area contributed by atoms with Crippen molar-refractivity contribution in [2.45, 2.75) is 10.8 Å². The third-order valence-electron chi connectivity index (χ3n) is 16.5. The van der Waals surface area contributed by atoms with Crippen LogP contribution < -0.4 is 4.90 Å². The Hall–Kier alpha value is -9.34. The molecule has 15 rings (SSSR count). The number of hydrogen-bond acceptors (Lipinski definition) is 2. The van der Waals surface area contributed by atoms with Gasteiger partial charge in [-0.25, -0.2) is 0 Å². The van der Waals surface area contributed by atoms with Crippen molar-refractivity contribution in [2.75, 3.05) is 4.90 Å². The maximum Gasteiger partial charge on any atom is 0.0720 e. The van der Waals surface area contributed by atoms with Crippen LogP contribution in [0.3, 0.4) is 0 Å². The molecule has 13 aromatic rings. The van der Waals surface area contributed by atoms with E-state index in [2.05, 4.69) is 302 Å². The minimum atomic E-state index is -0.537. The lowest BCUT2D eigenvalue weighted by atomic mass is 9.51. The Morgan fingerprint density at radius 1 is 0.250 bits per heavy atom. The lowest BCUT2D eigenvalue weighted by Gasteiger charge is -2.50. The second-order valence-corrected chi connectivity index (χ2v) is 21.3. The van der Waals surface area contributed by atoms with Crippen molar-refractivity contribution in [2.24, 2.45) is 0 Å². The van der Waals surface area contributed by atoms with E-state index < -0.39 is 10.8 Å². The summed E-state index contributed by atoms with van der Waals surface area (Å²) in [6.07, 6.45) is 0. The summed E-state index contributed by atoms with van der Waals surface area (Å²) < 4.78 is 2.64. The lowest BCUT2D eigenvalue weighted by molar-refractivity contribution is 0.623. The fraction of sp³-hybridized carbons (Fsp3) is 0.0270. The quantitative estimate of drug-likeness (QED) is 0.147. The number of hydrogen-bond donors (Lipinski definition) is 0. The van der Waals surface area contributed by atoms with E-state index >= 15 is 0 Å². The second-order valence-electron chi connectivity index (χ2n) is 20.3. The van der Waals surface area contributed by atoms with Crippen molar-refractivity contribution in [3.63, 3.8) is 0 Å². The Bertz CT molecular complexity index is 4220. The van der Waals surface area contributed by atoms with E-state index in [1.807, 2.05) is 11.3 Å². The topological polar surface area (TPSA) is 3.24 Å². The van der Waals surface area contributed by atoms with Crippen molar-refractivity contribution in [3.05, 3.63) is 342 Å². The molecular weight excluding hydrogens is 935 g/mol. The van der Waals surface area contributed by atoms with Gasteiger partial charge in [0, 0.05) is 37.2 Å². The highest BCUT2D eigenvalue weighted by Gasteiger charge is 2.56. The summed E-state index contributed by atoms with van der Waals surface area (Å²) >= 11 is 1.88. The van der Waals surface area contributed by atoms with Gasteiger partial charge < -0.3 is 4.90 Å². The maximum atomic E-state index is 2.45. The summed E-state index contributed by atoms with van der Waals surface area (Å²) in [4.78, 5) is 2.38. The van der Waals surface area contributed by atoms with Gasteiger partial charge in [0.05, 0.1) is 10.8 Å². The van der Waals surface area contributed by atoms with Crippen LogP contribution in [0, 0.1) is 0 Å². The summed E-state index contributed by atoms with van der Waals surface area (Å²) in [6, 6.07) is 111. The van der Waals surface area contributed by atoms with Gasteiger partial charge in [-0.15, -0.1) is 11.3 Å². The SMILES string of the molecule is c1ccc(-c2ccc(N(c3ccc(-c4ccc5c(c4)-c4ccccc4C54c5ccccc5C(c5ccccc5)(c5ccccc5)c5ccccc54)cc3)c3ccc(-c4cccc5c4sc4ccccc45)cc3)cc2)cc1. The van der Waals surface area contributed by atoms with Gasteiger partial charge in [-0.2, -0.15) is 0 Å². The van der Waals surface area contributed by atoms with E-state index in [1.165, 1.54) is 109 Å². The van der Waals surface area contributed by atoms with Gasteiger partial charge in [0.1, 0.15) is 0 Å². The van der Waals surface area contributed by atoms with E-state index in [4.69, 9.17) is 0 Å². The zero-order valence-electron chi connectivity index (χ0n) is 41.6. The molecule has 2 heteroatoms. The molecule has 2 aliphatic carbocycles. The normalized spacial score (nSPS) is 13.5. The molecule has 0 amide bonds. The minimum Gasteiger partial charge on any atom is -0.311 e. The molecule has 0 aliphatic heterocycles. The van der Waals surface area contributed by atoms with E-state index in [9.17, 15) is 0 Å². The van der Waals surface area contributed by atoms with Crippen LogP contribution in [0.2, 0.25) is 0 Å². The van der Waals surface area contributed by atoms with Crippen LogP contribution in [0.25, 0.3) is 64.7 Å². The van der Waals surface area contributed by atoms with Gasteiger partial charge in [-0.3, -0.25) is 0 Å². The van der Waals surface area contributed by atoms with Crippen LogP contribution in [0.5, 0.6) is 0 Å². The molecule has 0 radical (unpaired) electrons. The van der Waals surface area contributed by atoms with Crippen molar-refractivity contribution in [3.8, 4) is 44.5 Å². The van der Waals surface area contributed by atoms with Crippen LogP contribution in [-0.4, -0.2) is 0 Å². The van der Waals surface area contributed by atoms with Gasteiger partial charge in [-0.05, 0) is 138 Å². The maximum absolute atomic E-state index is 2.45. The average molecular weight is 984 g/mol. The van der Waals surface area contributed by atoms with Crippen molar-refractivity contribution < 1.29 is 0 Å². The monoisotopic (exact) mass is 983 g/mol. The van der Waals surface area contributed by atoms with Crippen LogP contribution >= 0.6 is 11.3 Å². The third-order valence-corrected chi connectivity index (χ3v) is 17.7. The average Bonchev–Trinajstić information content (AvgIpc) is 4.16. The molecule has 0 saturated carbocycles. The van der Waals surface area contributed by atoms with Gasteiger partial charge in [0.25, 0.3) is 0 Å². The number of rotatable bonds is 8. The smallest absolute Gasteiger partial charge is 0.0720 e. The zero-order chi connectivity index (χ0) is 50.2. The predicted molar refractivity (Wildman–Crippen MR) is 319 cm³/mol. The van der Waals surface area contributed by atoms with Crippen LogP contribution in [0.15, 0.2) is 297 Å². The molecule has 0 bridgehead atoms. The van der Waals surface area contributed by atoms with Crippen molar-refractivity contribution >= 4 is 48.6 Å². The fourth-order valence-corrected chi connectivity index (χ4v) is 14.5. The standard InChI is InChI=1S/C74H49NS/c1-4-19-50(20-5-1)51-35-42-57(43-36-51)75(59-46-39-53(40-47-59)60-27-18-28-63-62-26-11-17-34-71(62)76-72(60)63)58-44-37-52(38-45-58)54-41-48-66-64(49-54)61-25-10-12-29-65(61)74(66)69-32-15-13-30-67(69)73(55-21-6-2-7-22-55,56-23-8-3-9-24-56)68-31-14-16-33-70(68)74/h1-49H. The first-order chi connectivity index (χ1) is 37.7. The number of nitrogens with zero attached hydrogens (tertiary/aromatic N) is 1. The molecule has 356 valence electrons. The molecule has 76 heavy (non-hydrogen) atoms. The minimum absolute atomic E-state index is 0.533. The van der Waals surface area contributed by atoms with Crippen molar-refractivity contribution in [1.82, 2.24) is 0 Å². The van der Waals surface area contributed by atoms with Crippen LogP contribution in [0.1, 0.15) is 44.5 Å². The first-order valence-electron chi connectivity index (χ1n) is 26.3. The van der Waals surface area contributed by atoms with E-state index in [-0.39, 0.29) is 0 Å². The van der Waals surface area contributed by atoms with Gasteiger partial charge in [-0.1, -0.05) is 249 Å². The predicted octanol–water partition coefficient (Wildman–Crippen LogP) is 19.6. The Labute approximate surface area is 447 Å². The largest absolute Gasteiger partial charge is 0.311 e. The van der Waals surface area contributed by atoms with Crippen molar-refractivity contribution in [1.29, 1.82) is 0 Å². The Balaban J connectivity index is 0.846. The molecule has 1 nitrogen and oxygen atoms in total. The van der Waals surface area contributed by atoms with E-state index in [0.29, 0.717) is 0 Å². The number of benzene rings is 12. The fourth-order valence-electron chi connectivity index (χ4n) is 13.2. The molecule has 0 atom stereocenters. The van der Waals surface area contributed by atoms with Crippen LogP contribution in [-0.2, 0) is 10.8 Å². The van der Waals surface area contributed by atoms with Gasteiger partial charge in [0.15, 0.2) is 0 Å². The lowest BCUT2D eigenvalue weighted by Crippen LogP contribution is -2.44. The number of anilines is 3. The molecular formula is C74H49NS. The molecule has 0 fully saturated rings. The van der Waals surface area contributed by atoms with Gasteiger partial charge >= 0.3 is 0 Å². The highest BCUT2D eigenvalue weighted by Crippen LogP contribution is 2.64. The zero-order valence-corrected chi connectivity index (χ0v) is 42.5. The van der Waals surface area contributed by atoms with Crippen LogP contribution in [0.4, 0.5) is 17.1 Å². The first kappa shape index (κ1) is 44.2. The summed E-state index contributed by atoms with van der Waals surface area (Å²) in [6.45, 7) is 0. The number of fused-ring (bicyclic) bond motifs is 12. The highest BCUT2D eigenvalue weighted by molar-refractivity contribution is 7.26. The Kier molecular flexibility index (Phi) is 10.3. The Morgan fingerprint density at radius 2 is 0.658 bits per heavy atom. The molecule has 1 heterocycles. The highest BCUT2D eigenvalue weighted by atomic mass is 32.1. The number of thiophene rings is 1. The van der Waals surface area contributed by atoms with Gasteiger partial charge in [0.2, 0.25) is 0 Å². The third kappa shape index (κ3) is 6.57. The molecule has 2 aliphatic rings. The summed E-state index contributed by atoms with van der Waals surface area (Å²) in [5.41, 5.74) is 22.5. The molecule has 0 N–H and O–H groups in total. The molecule has 0 saturated heterocycles. The Morgan fingerprint density at radius 3 is 1.25 bits per heavy atom.